The molecular weight excluding hydrogens is 333 g/mol. The summed E-state index contributed by atoms with van der Waals surface area (Å²) < 4.78 is 24.4. The molecule has 1 aliphatic heterocycles. The minimum Gasteiger partial charge on any atom is -0.490 e. The number of benzene rings is 1. The molecule has 0 N–H and O–H groups in total. The second kappa shape index (κ2) is 8.50. The van der Waals surface area contributed by atoms with Gasteiger partial charge >= 0.3 is 11.8 Å². The Kier molecular flexibility index (Phi) is 6.37. The Bertz CT molecular complexity index is 632. The van der Waals surface area contributed by atoms with Gasteiger partial charge in [0.15, 0.2) is 11.6 Å². The highest BCUT2D eigenvalue weighted by Crippen LogP contribution is 2.34. The molecule has 0 bridgehead atoms. The maximum Gasteiger partial charge on any atom is 0.409 e. The quantitative estimate of drug-likeness (QED) is 0.443. The van der Waals surface area contributed by atoms with Crippen LogP contribution in [0.15, 0.2) is 12.1 Å². The Morgan fingerprint density at radius 2 is 2.00 bits per heavy atom. The van der Waals surface area contributed by atoms with Gasteiger partial charge in [-0.2, -0.15) is 0 Å². The molecule has 0 unspecified atom stereocenters. The predicted octanol–water partition coefficient (Wildman–Crippen LogP) is 2.80. The number of amides is 1. The third-order valence-corrected chi connectivity index (χ3v) is 4.05. The second-order valence-corrected chi connectivity index (χ2v) is 5.67. The summed E-state index contributed by atoms with van der Waals surface area (Å²) in [5.74, 6) is -0.686. The van der Waals surface area contributed by atoms with Crippen molar-refractivity contribution in [3.8, 4) is 5.75 Å². The zero-order valence-corrected chi connectivity index (χ0v) is 14.4. The Balaban J connectivity index is 2.03. The fraction of sp³-hybridized carbons (Fsp3) is 0.562. The monoisotopic (exact) mass is 355 g/mol. The van der Waals surface area contributed by atoms with Crippen LogP contribution in [0.1, 0.15) is 19.8 Å². The molecule has 0 atom stereocenters. The number of hydrogen-bond donors (Lipinski definition) is 0. The maximum absolute atomic E-state index is 14.3. The van der Waals surface area contributed by atoms with E-state index in [4.69, 9.17) is 9.47 Å². The first-order valence-electron chi connectivity index (χ1n) is 8.16. The van der Waals surface area contributed by atoms with Crippen LogP contribution in [0.4, 0.5) is 20.6 Å². The maximum atomic E-state index is 14.3. The number of rotatable bonds is 6. The largest absolute Gasteiger partial charge is 0.490 e. The number of hydrogen-bond acceptors (Lipinski definition) is 6. The number of carbonyl (C=O) groups excluding carboxylic acids is 1. The Hall–Kier alpha value is -2.58. The van der Waals surface area contributed by atoms with Gasteiger partial charge in [-0.3, -0.25) is 10.1 Å². The molecule has 0 radical (unpaired) electrons. The average Bonchev–Trinajstić information content (AvgIpc) is 2.61. The number of halogens is 1. The van der Waals surface area contributed by atoms with E-state index in [1.807, 2.05) is 6.92 Å². The lowest BCUT2D eigenvalue weighted by molar-refractivity contribution is -0.385. The van der Waals surface area contributed by atoms with Crippen LogP contribution < -0.4 is 9.64 Å². The minimum atomic E-state index is -0.688. The number of anilines is 1. The summed E-state index contributed by atoms with van der Waals surface area (Å²) in [6.07, 6.45) is 1.40. The Morgan fingerprint density at radius 1 is 1.32 bits per heavy atom. The van der Waals surface area contributed by atoms with Crippen molar-refractivity contribution in [2.24, 2.45) is 0 Å². The van der Waals surface area contributed by atoms with E-state index in [0.29, 0.717) is 32.8 Å². The molecule has 0 saturated carbocycles. The van der Waals surface area contributed by atoms with Crippen molar-refractivity contribution in [2.45, 2.75) is 19.8 Å². The van der Waals surface area contributed by atoms with E-state index in [2.05, 4.69) is 0 Å². The highest BCUT2D eigenvalue weighted by atomic mass is 19.1. The first-order chi connectivity index (χ1) is 12.0. The molecule has 1 saturated heterocycles. The van der Waals surface area contributed by atoms with Crippen LogP contribution in [0, 0.1) is 15.9 Å². The van der Waals surface area contributed by atoms with Gasteiger partial charge in [0.25, 0.3) is 0 Å². The van der Waals surface area contributed by atoms with Crippen LogP contribution in [-0.4, -0.2) is 55.8 Å². The minimum absolute atomic E-state index is 0.00260. The molecule has 138 valence electrons. The molecule has 25 heavy (non-hydrogen) atoms. The third-order valence-electron chi connectivity index (χ3n) is 4.05. The smallest absolute Gasteiger partial charge is 0.409 e. The molecule has 1 aromatic rings. The number of nitro benzene ring substituents is 1. The van der Waals surface area contributed by atoms with Gasteiger partial charge in [-0.05, 0) is 6.42 Å². The van der Waals surface area contributed by atoms with Crippen molar-refractivity contribution >= 4 is 17.5 Å². The van der Waals surface area contributed by atoms with Crippen molar-refractivity contribution < 1.29 is 23.6 Å². The summed E-state index contributed by atoms with van der Waals surface area (Å²) >= 11 is 0. The molecule has 0 aromatic heterocycles. The van der Waals surface area contributed by atoms with Crippen molar-refractivity contribution in [3.05, 3.63) is 28.1 Å². The van der Waals surface area contributed by atoms with Crippen molar-refractivity contribution in [1.29, 1.82) is 0 Å². The summed E-state index contributed by atoms with van der Waals surface area (Å²) in [7, 11) is 1.30. The van der Waals surface area contributed by atoms with Gasteiger partial charge in [-0.1, -0.05) is 13.3 Å². The van der Waals surface area contributed by atoms with Gasteiger partial charge in [-0.15, -0.1) is 0 Å². The topological polar surface area (TPSA) is 85.2 Å². The first-order valence-corrected chi connectivity index (χ1v) is 8.16. The van der Waals surface area contributed by atoms with Crippen LogP contribution in [0.3, 0.4) is 0 Å². The average molecular weight is 355 g/mol. The molecule has 1 heterocycles. The van der Waals surface area contributed by atoms with Gasteiger partial charge < -0.3 is 19.3 Å². The van der Waals surface area contributed by atoms with Crippen LogP contribution in [0.2, 0.25) is 0 Å². The summed E-state index contributed by atoms with van der Waals surface area (Å²) in [5.41, 5.74) is -0.191. The highest BCUT2D eigenvalue weighted by molar-refractivity contribution is 5.68. The zero-order chi connectivity index (χ0) is 18.4. The Morgan fingerprint density at radius 3 is 2.56 bits per heavy atom. The molecular formula is C16H22FN3O5. The van der Waals surface area contributed by atoms with Crippen LogP contribution in [-0.2, 0) is 4.74 Å². The van der Waals surface area contributed by atoms with Crippen LogP contribution in [0.5, 0.6) is 5.75 Å². The van der Waals surface area contributed by atoms with Crippen molar-refractivity contribution in [3.63, 3.8) is 0 Å². The number of ether oxygens (including phenoxy) is 2. The normalized spacial score (nSPS) is 14.4. The van der Waals surface area contributed by atoms with Crippen LogP contribution >= 0.6 is 0 Å². The zero-order valence-electron chi connectivity index (χ0n) is 14.4. The molecule has 1 fully saturated rings. The van der Waals surface area contributed by atoms with E-state index >= 15 is 0 Å². The SMILES string of the molecule is CCCCOC(=O)N1CCN(c2cc(OC)c([N+](=O)[O-])cc2F)CC1. The number of piperazine rings is 1. The molecule has 0 spiro atoms. The van der Waals surface area contributed by atoms with E-state index in [9.17, 15) is 19.3 Å². The van der Waals surface area contributed by atoms with Crippen LogP contribution in [0.25, 0.3) is 0 Å². The Labute approximate surface area is 145 Å². The van der Waals surface area contributed by atoms with Crippen molar-refractivity contribution in [1.82, 2.24) is 4.90 Å². The van der Waals surface area contributed by atoms with E-state index in [1.165, 1.54) is 13.2 Å². The third kappa shape index (κ3) is 4.49. The first kappa shape index (κ1) is 18.8. The van der Waals surface area contributed by atoms with E-state index in [0.717, 1.165) is 18.9 Å². The fourth-order valence-electron chi connectivity index (χ4n) is 2.61. The predicted molar refractivity (Wildman–Crippen MR) is 89.6 cm³/mol. The number of methoxy groups -OCH3 is 1. The van der Waals surface area contributed by atoms with Gasteiger partial charge in [0, 0.05) is 32.2 Å². The van der Waals surface area contributed by atoms with E-state index in [1.54, 1.807) is 9.80 Å². The number of carbonyl (C=O) groups is 1. The molecule has 0 aliphatic carbocycles. The molecule has 8 nitrogen and oxygen atoms in total. The van der Waals surface area contributed by atoms with E-state index in [-0.39, 0.29) is 17.5 Å². The highest BCUT2D eigenvalue weighted by Gasteiger charge is 2.26. The lowest BCUT2D eigenvalue weighted by atomic mass is 10.2. The molecule has 1 aromatic carbocycles. The lowest BCUT2D eigenvalue weighted by Gasteiger charge is -2.35. The number of nitro groups is 1. The molecule has 1 aliphatic rings. The molecule has 1 amide bonds. The summed E-state index contributed by atoms with van der Waals surface area (Å²) in [6.45, 7) is 4.00. The van der Waals surface area contributed by atoms with Gasteiger partial charge in [0.2, 0.25) is 0 Å². The summed E-state index contributed by atoms with van der Waals surface area (Å²) in [4.78, 5) is 25.5. The van der Waals surface area contributed by atoms with Gasteiger partial charge in [0.1, 0.15) is 0 Å². The molecule has 9 heteroatoms. The molecule has 2 rings (SSSR count). The van der Waals surface area contributed by atoms with E-state index < -0.39 is 16.4 Å². The number of unbranched alkanes of at least 4 members (excludes halogenated alkanes) is 1. The lowest BCUT2D eigenvalue weighted by Crippen LogP contribution is -2.49. The summed E-state index contributed by atoms with van der Waals surface area (Å²) in [5, 5.41) is 10.9. The second-order valence-electron chi connectivity index (χ2n) is 5.67. The number of nitrogens with zero attached hydrogens (tertiary/aromatic N) is 3. The standard InChI is InChI=1S/C16H22FN3O5/c1-3-4-9-25-16(21)19-7-5-18(6-8-19)13-11-15(24-2)14(20(22)23)10-12(13)17/h10-11H,3-9H2,1-2H3. The van der Waals surface area contributed by atoms with Gasteiger partial charge in [-0.25, -0.2) is 9.18 Å². The fourth-order valence-corrected chi connectivity index (χ4v) is 2.61. The van der Waals surface area contributed by atoms with Crippen molar-refractivity contribution in [2.75, 3.05) is 44.8 Å². The van der Waals surface area contributed by atoms with Gasteiger partial charge in [0.05, 0.1) is 30.4 Å². The summed E-state index contributed by atoms with van der Waals surface area (Å²) in [6, 6.07) is 2.18.